The van der Waals surface area contributed by atoms with Crippen LogP contribution in [-0.4, -0.2) is 16.0 Å². The monoisotopic (exact) mass is 179 g/mol. The van der Waals surface area contributed by atoms with E-state index in [-0.39, 0.29) is 5.82 Å². The molecule has 0 aromatic carbocycles. The van der Waals surface area contributed by atoms with E-state index in [2.05, 4.69) is 10.4 Å². The maximum atomic E-state index is 13.1. The number of halogens is 1. The van der Waals surface area contributed by atoms with Crippen molar-refractivity contribution in [2.45, 2.75) is 0 Å². The smallest absolute Gasteiger partial charge is 0.212 e. The van der Waals surface area contributed by atoms with Gasteiger partial charge >= 0.3 is 0 Å². The number of hydrogen-bond donors (Lipinski definition) is 1. The SMILES string of the molecule is O=CNc1c(F)ccc2ccnn12. The second-order valence-corrected chi connectivity index (χ2v) is 2.46. The fourth-order valence-corrected chi connectivity index (χ4v) is 1.15. The lowest BCUT2D eigenvalue weighted by Crippen LogP contribution is -2.04. The first-order valence-electron chi connectivity index (χ1n) is 3.65. The van der Waals surface area contributed by atoms with Crippen LogP contribution >= 0.6 is 0 Å². The van der Waals surface area contributed by atoms with Gasteiger partial charge in [0.2, 0.25) is 6.41 Å². The Hall–Kier alpha value is -1.91. The van der Waals surface area contributed by atoms with Crippen LogP contribution in [0.5, 0.6) is 0 Å². The number of pyridine rings is 1. The zero-order valence-corrected chi connectivity index (χ0v) is 6.57. The van der Waals surface area contributed by atoms with Crippen LogP contribution in [0.2, 0.25) is 0 Å². The highest BCUT2D eigenvalue weighted by atomic mass is 19.1. The molecule has 0 fully saturated rings. The van der Waals surface area contributed by atoms with E-state index in [1.54, 1.807) is 12.1 Å². The van der Waals surface area contributed by atoms with Crippen molar-refractivity contribution >= 4 is 17.7 Å². The average molecular weight is 179 g/mol. The Labute approximate surface area is 73.0 Å². The van der Waals surface area contributed by atoms with Gasteiger partial charge < -0.3 is 5.32 Å². The average Bonchev–Trinajstić information content (AvgIpc) is 2.58. The van der Waals surface area contributed by atoms with E-state index in [1.807, 2.05) is 0 Å². The highest BCUT2D eigenvalue weighted by Crippen LogP contribution is 2.15. The molecule has 66 valence electrons. The molecule has 2 heterocycles. The summed E-state index contributed by atoms with van der Waals surface area (Å²) < 4.78 is 14.4. The summed E-state index contributed by atoms with van der Waals surface area (Å²) in [5.74, 6) is -0.458. The predicted octanol–water partition coefficient (Wildman–Crippen LogP) is 1.04. The summed E-state index contributed by atoms with van der Waals surface area (Å²) in [5.41, 5.74) is 0.728. The molecule has 2 aromatic heterocycles. The van der Waals surface area contributed by atoms with Crippen LogP contribution < -0.4 is 5.32 Å². The van der Waals surface area contributed by atoms with Gasteiger partial charge in [-0.15, -0.1) is 0 Å². The van der Waals surface area contributed by atoms with Crippen LogP contribution in [0.15, 0.2) is 24.4 Å². The largest absolute Gasteiger partial charge is 0.311 e. The molecule has 0 bridgehead atoms. The molecule has 2 rings (SSSR count). The van der Waals surface area contributed by atoms with Gasteiger partial charge in [0.1, 0.15) is 0 Å². The third-order valence-corrected chi connectivity index (χ3v) is 1.71. The van der Waals surface area contributed by atoms with Gasteiger partial charge in [-0.3, -0.25) is 4.79 Å². The second-order valence-electron chi connectivity index (χ2n) is 2.46. The summed E-state index contributed by atoms with van der Waals surface area (Å²) in [4.78, 5) is 10.2. The van der Waals surface area contributed by atoms with Crippen LogP contribution in [0.25, 0.3) is 5.52 Å². The Morgan fingerprint density at radius 3 is 3.08 bits per heavy atom. The van der Waals surface area contributed by atoms with Crippen molar-refractivity contribution in [3.8, 4) is 0 Å². The molecule has 0 aliphatic heterocycles. The molecule has 13 heavy (non-hydrogen) atoms. The predicted molar refractivity (Wildman–Crippen MR) is 44.8 cm³/mol. The van der Waals surface area contributed by atoms with Crippen molar-refractivity contribution in [3.63, 3.8) is 0 Å². The van der Waals surface area contributed by atoms with Crippen LogP contribution in [0, 0.1) is 5.82 Å². The minimum absolute atomic E-state index is 0.0532. The number of nitrogens with zero attached hydrogens (tertiary/aromatic N) is 2. The Morgan fingerprint density at radius 1 is 1.46 bits per heavy atom. The molecule has 0 aliphatic carbocycles. The van der Waals surface area contributed by atoms with Crippen molar-refractivity contribution in [1.82, 2.24) is 9.61 Å². The van der Waals surface area contributed by atoms with E-state index < -0.39 is 5.82 Å². The molecule has 1 amide bonds. The standard InChI is InChI=1S/C8H6FN3O/c9-7-2-1-6-3-4-11-12(6)8(7)10-5-13/h1-5H,(H,10,13). The lowest BCUT2D eigenvalue weighted by Gasteiger charge is -2.03. The van der Waals surface area contributed by atoms with Crippen LogP contribution in [-0.2, 0) is 4.79 Å². The van der Waals surface area contributed by atoms with Gasteiger partial charge in [-0.1, -0.05) is 0 Å². The van der Waals surface area contributed by atoms with Gasteiger partial charge in [0, 0.05) is 0 Å². The number of rotatable bonds is 2. The number of carbonyl (C=O) groups is 1. The Kier molecular flexibility index (Phi) is 1.70. The van der Waals surface area contributed by atoms with Crippen molar-refractivity contribution in [1.29, 1.82) is 0 Å². The molecule has 4 nitrogen and oxygen atoms in total. The number of amides is 1. The fourth-order valence-electron chi connectivity index (χ4n) is 1.15. The van der Waals surface area contributed by atoms with Gasteiger partial charge in [0.15, 0.2) is 11.6 Å². The highest BCUT2D eigenvalue weighted by molar-refractivity contribution is 5.71. The van der Waals surface area contributed by atoms with Gasteiger partial charge in [0.05, 0.1) is 11.7 Å². The first kappa shape index (κ1) is 7.72. The molecular formula is C8H6FN3O. The molecule has 0 atom stereocenters. The van der Waals surface area contributed by atoms with Crippen molar-refractivity contribution in [3.05, 3.63) is 30.2 Å². The molecule has 2 aromatic rings. The van der Waals surface area contributed by atoms with E-state index in [9.17, 15) is 9.18 Å². The fraction of sp³-hybridized carbons (Fsp3) is 0. The number of anilines is 1. The molecular weight excluding hydrogens is 173 g/mol. The summed E-state index contributed by atoms with van der Waals surface area (Å²) in [6.45, 7) is 0. The third kappa shape index (κ3) is 1.14. The first-order chi connectivity index (χ1) is 6.33. The minimum Gasteiger partial charge on any atom is -0.311 e. The van der Waals surface area contributed by atoms with E-state index in [1.165, 1.54) is 16.8 Å². The zero-order valence-electron chi connectivity index (χ0n) is 6.57. The van der Waals surface area contributed by atoms with E-state index in [0.29, 0.717) is 6.41 Å². The third-order valence-electron chi connectivity index (χ3n) is 1.71. The Morgan fingerprint density at radius 2 is 2.31 bits per heavy atom. The van der Waals surface area contributed by atoms with Crippen molar-refractivity contribution in [2.24, 2.45) is 0 Å². The summed E-state index contributed by atoms with van der Waals surface area (Å²) in [5, 5.41) is 6.10. The highest BCUT2D eigenvalue weighted by Gasteiger charge is 2.06. The molecule has 0 saturated heterocycles. The number of aromatic nitrogens is 2. The van der Waals surface area contributed by atoms with Gasteiger partial charge in [-0.05, 0) is 18.2 Å². The summed E-state index contributed by atoms with van der Waals surface area (Å²) in [7, 11) is 0. The molecule has 0 aliphatic rings. The number of nitrogens with one attached hydrogen (secondary N) is 1. The number of fused-ring (bicyclic) bond motifs is 1. The quantitative estimate of drug-likeness (QED) is 0.700. The lowest BCUT2D eigenvalue weighted by molar-refractivity contribution is -0.105. The second kappa shape index (κ2) is 2.85. The molecule has 0 radical (unpaired) electrons. The van der Waals surface area contributed by atoms with E-state index in [0.717, 1.165) is 5.52 Å². The topological polar surface area (TPSA) is 46.4 Å². The van der Waals surface area contributed by atoms with Gasteiger partial charge in [-0.25, -0.2) is 8.91 Å². The van der Waals surface area contributed by atoms with Gasteiger partial charge in [-0.2, -0.15) is 5.10 Å². The number of hydrogen-bond acceptors (Lipinski definition) is 2. The Balaban J connectivity index is 2.72. The van der Waals surface area contributed by atoms with Crippen LogP contribution in [0.1, 0.15) is 0 Å². The van der Waals surface area contributed by atoms with E-state index in [4.69, 9.17) is 0 Å². The molecule has 1 N–H and O–H groups in total. The molecule has 0 unspecified atom stereocenters. The van der Waals surface area contributed by atoms with Crippen molar-refractivity contribution in [2.75, 3.05) is 5.32 Å². The molecule has 0 spiro atoms. The molecule has 0 saturated carbocycles. The van der Waals surface area contributed by atoms with Crippen molar-refractivity contribution < 1.29 is 9.18 Å². The van der Waals surface area contributed by atoms with Crippen LogP contribution in [0.4, 0.5) is 10.2 Å². The maximum absolute atomic E-state index is 13.1. The minimum atomic E-state index is -0.511. The normalized spacial score (nSPS) is 10.2. The maximum Gasteiger partial charge on any atom is 0.212 e. The van der Waals surface area contributed by atoms with E-state index >= 15 is 0 Å². The zero-order chi connectivity index (χ0) is 9.26. The lowest BCUT2D eigenvalue weighted by atomic mass is 10.4. The summed E-state index contributed by atoms with van der Waals surface area (Å²) in [6.07, 6.45) is 1.95. The first-order valence-corrected chi connectivity index (χ1v) is 3.65. The Bertz CT molecular complexity index is 452. The summed E-state index contributed by atoms with van der Waals surface area (Å²) >= 11 is 0. The molecule has 5 heteroatoms. The summed E-state index contributed by atoms with van der Waals surface area (Å²) in [6, 6.07) is 4.58. The number of carbonyl (C=O) groups excluding carboxylic acids is 1. The van der Waals surface area contributed by atoms with Gasteiger partial charge in [0.25, 0.3) is 0 Å². The van der Waals surface area contributed by atoms with Crippen LogP contribution in [0.3, 0.4) is 0 Å².